The maximum Gasteiger partial charge on any atom is 0.343 e. The molecule has 0 spiro atoms. The molecule has 0 amide bonds. The van der Waals surface area contributed by atoms with Crippen molar-refractivity contribution in [3.05, 3.63) is 59.2 Å². The molecule has 1 atom stereocenters. The van der Waals surface area contributed by atoms with Crippen molar-refractivity contribution in [2.45, 2.75) is 33.4 Å². The molecular formula is C20H25NO4. The lowest BCUT2D eigenvalue weighted by Gasteiger charge is -2.26. The van der Waals surface area contributed by atoms with E-state index in [1.54, 1.807) is 36.4 Å². The van der Waals surface area contributed by atoms with Gasteiger partial charge in [-0.15, -0.1) is 0 Å². The molecule has 5 heteroatoms. The van der Waals surface area contributed by atoms with E-state index in [2.05, 4.69) is 0 Å². The highest BCUT2D eigenvalue weighted by molar-refractivity contribution is 5.93. The number of esters is 1. The van der Waals surface area contributed by atoms with E-state index in [1.807, 2.05) is 31.7 Å². The Bertz CT molecular complexity index is 725. The van der Waals surface area contributed by atoms with Crippen molar-refractivity contribution in [3.63, 3.8) is 0 Å². The molecule has 0 saturated heterocycles. The van der Waals surface area contributed by atoms with Gasteiger partial charge in [-0.2, -0.15) is 0 Å². The zero-order chi connectivity index (χ0) is 18.4. The number of nitrogens with zero attached hydrogens (tertiary/aromatic N) is 1. The minimum atomic E-state index is -0.559. The first-order chi connectivity index (χ1) is 12.0. The molecule has 0 bridgehead atoms. The van der Waals surface area contributed by atoms with Crippen LogP contribution in [-0.4, -0.2) is 40.4 Å². The maximum atomic E-state index is 12.4. The first kappa shape index (κ1) is 18.8. The molecule has 0 aromatic heterocycles. The van der Waals surface area contributed by atoms with Gasteiger partial charge < -0.3 is 14.9 Å². The van der Waals surface area contributed by atoms with Crippen LogP contribution in [0.4, 0.5) is 0 Å². The second-order valence-electron chi connectivity index (χ2n) is 5.84. The number of phenolic OH excluding ortho intramolecular Hbond substituents is 2. The molecule has 5 nitrogen and oxygen atoms in total. The summed E-state index contributed by atoms with van der Waals surface area (Å²) in [7, 11) is 0. The second-order valence-corrected chi connectivity index (χ2v) is 5.84. The van der Waals surface area contributed by atoms with Crippen molar-refractivity contribution in [3.8, 4) is 11.5 Å². The minimum Gasteiger partial charge on any atom is -0.508 e. The van der Waals surface area contributed by atoms with Crippen molar-refractivity contribution in [1.29, 1.82) is 0 Å². The van der Waals surface area contributed by atoms with E-state index in [4.69, 9.17) is 4.74 Å². The number of phenols is 2. The Balaban J connectivity index is 2.20. The van der Waals surface area contributed by atoms with E-state index < -0.39 is 5.97 Å². The van der Waals surface area contributed by atoms with Crippen molar-refractivity contribution in [1.82, 2.24) is 4.90 Å². The molecule has 2 aromatic rings. The second kappa shape index (κ2) is 8.53. The van der Waals surface area contributed by atoms with Crippen molar-refractivity contribution in [2.75, 3.05) is 13.1 Å². The van der Waals surface area contributed by atoms with Crippen LogP contribution in [-0.2, 0) is 11.2 Å². The Kier molecular flexibility index (Phi) is 6.42. The van der Waals surface area contributed by atoms with Crippen LogP contribution in [0.3, 0.4) is 0 Å². The number of para-hydroxylation sites is 2. The number of hydrogen-bond acceptors (Lipinski definition) is 5. The van der Waals surface area contributed by atoms with E-state index >= 15 is 0 Å². The van der Waals surface area contributed by atoms with Crippen LogP contribution in [0.5, 0.6) is 11.5 Å². The molecule has 1 unspecified atom stereocenters. The van der Waals surface area contributed by atoms with Crippen molar-refractivity contribution < 1.29 is 19.7 Å². The number of benzene rings is 2. The Morgan fingerprint density at radius 2 is 1.68 bits per heavy atom. The van der Waals surface area contributed by atoms with Gasteiger partial charge in [-0.1, -0.05) is 44.2 Å². The lowest BCUT2D eigenvalue weighted by atomic mass is 10.0. The van der Waals surface area contributed by atoms with Gasteiger partial charge in [0.1, 0.15) is 17.1 Å². The molecule has 0 aliphatic heterocycles. The summed E-state index contributed by atoms with van der Waals surface area (Å²) >= 11 is 0. The minimum absolute atomic E-state index is 0.109. The zero-order valence-electron chi connectivity index (χ0n) is 14.9. The van der Waals surface area contributed by atoms with Gasteiger partial charge >= 0.3 is 5.97 Å². The predicted octanol–water partition coefficient (Wildman–Crippen LogP) is 3.53. The SMILES string of the molecule is CCN(CC)C(C)OC(=O)c1cccc(Cc2ccccc2O)c1O. The molecule has 0 radical (unpaired) electrons. The smallest absolute Gasteiger partial charge is 0.343 e. The molecule has 0 heterocycles. The predicted molar refractivity (Wildman–Crippen MR) is 96.8 cm³/mol. The highest BCUT2D eigenvalue weighted by atomic mass is 16.6. The van der Waals surface area contributed by atoms with Gasteiger partial charge in [0.25, 0.3) is 0 Å². The topological polar surface area (TPSA) is 70.0 Å². The Hall–Kier alpha value is -2.53. The summed E-state index contributed by atoms with van der Waals surface area (Å²) in [5.41, 5.74) is 1.37. The van der Waals surface area contributed by atoms with E-state index in [0.717, 1.165) is 13.1 Å². The first-order valence-electron chi connectivity index (χ1n) is 8.50. The summed E-state index contributed by atoms with van der Waals surface area (Å²) in [4.78, 5) is 14.4. The Labute approximate surface area is 148 Å². The first-order valence-corrected chi connectivity index (χ1v) is 8.50. The van der Waals surface area contributed by atoms with Crippen LogP contribution in [0, 0.1) is 0 Å². The third kappa shape index (κ3) is 4.51. The average molecular weight is 343 g/mol. The highest BCUT2D eigenvalue weighted by Crippen LogP contribution is 2.28. The normalized spacial score (nSPS) is 12.2. The van der Waals surface area contributed by atoms with E-state index in [9.17, 15) is 15.0 Å². The molecular weight excluding hydrogens is 318 g/mol. The third-order valence-corrected chi connectivity index (χ3v) is 4.32. The fourth-order valence-electron chi connectivity index (χ4n) is 2.79. The molecule has 2 rings (SSSR count). The monoisotopic (exact) mass is 343 g/mol. The van der Waals surface area contributed by atoms with Crippen LogP contribution in [0.2, 0.25) is 0 Å². The summed E-state index contributed by atoms with van der Waals surface area (Å²) in [6.07, 6.45) is -0.0469. The number of ether oxygens (including phenoxy) is 1. The van der Waals surface area contributed by atoms with Gasteiger partial charge in [-0.25, -0.2) is 4.79 Å². The zero-order valence-corrected chi connectivity index (χ0v) is 14.9. The van der Waals surface area contributed by atoms with Crippen molar-refractivity contribution >= 4 is 5.97 Å². The molecule has 0 aliphatic rings. The van der Waals surface area contributed by atoms with Crippen LogP contribution >= 0.6 is 0 Å². The van der Waals surface area contributed by atoms with Gasteiger partial charge in [-0.3, -0.25) is 4.90 Å². The summed E-state index contributed by atoms with van der Waals surface area (Å²) in [6.45, 7) is 7.35. The number of rotatable bonds is 7. The molecule has 2 N–H and O–H groups in total. The lowest BCUT2D eigenvalue weighted by Crippen LogP contribution is -2.36. The van der Waals surface area contributed by atoms with Gasteiger partial charge in [0.15, 0.2) is 6.23 Å². The van der Waals surface area contributed by atoms with Crippen LogP contribution in [0.25, 0.3) is 0 Å². The Morgan fingerprint density at radius 3 is 2.32 bits per heavy atom. The molecule has 2 aromatic carbocycles. The van der Waals surface area contributed by atoms with Crippen LogP contribution in [0.1, 0.15) is 42.3 Å². The van der Waals surface area contributed by atoms with Gasteiger partial charge in [-0.05, 0) is 43.3 Å². The van der Waals surface area contributed by atoms with E-state index in [0.29, 0.717) is 17.5 Å². The molecule has 0 saturated carbocycles. The summed E-state index contributed by atoms with van der Waals surface area (Å²) < 4.78 is 5.47. The molecule has 25 heavy (non-hydrogen) atoms. The van der Waals surface area contributed by atoms with Gasteiger partial charge in [0.05, 0.1) is 0 Å². The van der Waals surface area contributed by atoms with Crippen molar-refractivity contribution in [2.24, 2.45) is 0 Å². The quantitative estimate of drug-likeness (QED) is 0.594. The maximum absolute atomic E-state index is 12.4. The number of aromatic hydroxyl groups is 2. The van der Waals surface area contributed by atoms with Gasteiger partial charge in [0.2, 0.25) is 0 Å². The molecule has 134 valence electrons. The number of carbonyl (C=O) groups excluding carboxylic acids is 1. The molecule has 0 aliphatic carbocycles. The fraction of sp³-hybridized carbons (Fsp3) is 0.350. The standard InChI is InChI=1S/C20H25NO4/c1-4-21(5-2)14(3)25-20(24)17-11-8-10-16(19(17)23)13-15-9-6-7-12-18(15)22/h6-12,14,22-23H,4-5,13H2,1-3H3. The number of carbonyl (C=O) groups is 1. The molecule has 0 fully saturated rings. The lowest BCUT2D eigenvalue weighted by molar-refractivity contribution is -0.0199. The summed E-state index contributed by atoms with van der Waals surface area (Å²) in [5.74, 6) is -0.511. The Morgan fingerprint density at radius 1 is 1.04 bits per heavy atom. The largest absolute Gasteiger partial charge is 0.508 e. The highest BCUT2D eigenvalue weighted by Gasteiger charge is 2.20. The third-order valence-electron chi connectivity index (χ3n) is 4.32. The van der Waals surface area contributed by atoms with Crippen LogP contribution in [0.15, 0.2) is 42.5 Å². The van der Waals surface area contributed by atoms with Gasteiger partial charge in [0, 0.05) is 6.42 Å². The van der Waals surface area contributed by atoms with Crippen LogP contribution < -0.4 is 0 Å². The number of hydrogen-bond donors (Lipinski definition) is 2. The summed E-state index contributed by atoms with van der Waals surface area (Å²) in [6, 6.07) is 11.9. The van der Waals surface area contributed by atoms with E-state index in [-0.39, 0.29) is 23.3 Å². The van der Waals surface area contributed by atoms with E-state index in [1.165, 1.54) is 0 Å². The summed E-state index contributed by atoms with van der Waals surface area (Å²) in [5, 5.41) is 20.4. The average Bonchev–Trinajstić information content (AvgIpc) is 2.59. The fourth-order valence-corrected chi connectivity index (χ4v) is 2.79.